The average Bonchev–Trinajstić information content (AvgIpc) is 2.95. The Bertz CT molecular complexity index is 577. The van der Waals surface area contributed by atoms with Crippen LogP contribution in [0.1, 0.15) is 84.5 Å². The molecule has 0 heterocycles. The molecule has 0 aliphatic heterocycles. The maximum atomic E-state index is 11.3. The summed E-state index contributed by atoms with van der Waals surface area (Å²) in [6.45, 7) is 4.77. The van der Waals surface area contributed by atoms with Crippen molar-refractivity contribution in [3.05, 3.63) is 0 Å². The largest absolute Gasteiger partial charge is 0.481 e. The predicted molar refractivity (Wildman–Crippen MR) is 104 cm³/mol. The molecule has 9 atom stereocenters. The van der Waals surface area contributed by atoms with E-state index in [1.54, 1.807) is 0 Å². The Kier molecular flexibility index (Phi) is 5.12. The van der Waals surface area contributed by atoms with E-state index in [9.17, 15) is 15.0 Å². The van der Waals surface area contributed by atoms with Crippen LogP contribution in [0.4, 0.5) is 0 Å². The molecule has 0 spiro atoms. The number of hydrogen-bond donors (Lipinski definition) is 3. The minimum atomic E-state index is -0.704. The van der Waals surface area contributed by atoms with Crippen molar-refractivity contribution in [2.45, 2.75) is 96.7 Å². The maximum Gasteiger partial charge on any atom is 0.303 e. The van der Waals surface area contributed by atoms with Gasteiger partial charge in [0.15, 0.2) is 0 Å². The quantitative estimate of drug-likeness (QED) is 0.684. The zero-order chi connectivity index (χ0) is 19.4. The summed E-state index contributed by atoms with van der Waals surface area (Å²) < 4.78 is 0. The first-order valence-electron chi connectivity index (χ1n) is 11.3. The van der Waals surface area contributed by atoms with Crippen molar-refractivity contribution in [1.29, 1.82) is 0 Å². The molecule has 0 amide bonds. The van der Waals surface area contributed by atoms with Crippen LogP contribution < -0.4 is 0 Å². The van der Waals surface area contributed by atoms with E-state index in [2.05, 4.69) is 13.8 Å². The summed E-state index contributed by atoms with van der Waals surface area (Å²) >= 11 is 0. The lowest BCUT2D eigenvalue weighted by Gasteiger charge is -2.62. The molecule has 4 fully saturated rings. The van der Waals surface area contributed by atoms with Gasteiger partial charge in [-0.1, -0.05) is 13.8 Å². The van der Waals surface area contributed by atoms with Crippen LogP contribution in [-0.4, -0.2) is 33.5 Å². The fourth-order valence-corrected chi connectivity index (χ4v) is 8.29. The van der Waals surface area contributed by atoms with Crippen molar-refractivity contribution in [2.24, 2.45) is 40.4 Å². The van der Waals surface area contributed by atoms with Gasteiger partial charge in [0.25, 0.3) is 0 Å². The van der Waals surface area contributed by atoms with Gasteiger partial charge in [0.2, 0.25) is 0 Å². The zero-order valence-corrected chi connectivity index (χ0v) is 17.1. The Hall–Kier alpha value is -0.610. The minimum absolute atomic E-state index is 0.0307. The Balaban J connectivity index is 1.53. The summed E-state index contributed by atoms with van der Waals surface area (Å²) in [4.78, 5) is 10.9. The first-order chi connectivity index (χ1) is 12.8. The summed E-state index contributed by atoms with van der Waals surface area (Å²) in [7, 11) is 0. The minimum Gasteiger partial charge on any atom is -0.481 e. The standard InChI is InChI=1S/C23H38O4/c1-22-11-10-16(24)12-15(22)6-8-17-18-9-7-14(4-3-5-21(26)27)23(18,2)20(25)13-19(17)22/h14-20,24-25H,3-13H2,1-2H3,(H,26,27)/t14?,15-,16-,17?,18?,19?,20+,22+,23-/m1/s1. The Morgan fingerprint density at radius 2 is 1.78 bits per heavy atom. The average molecular weight is 379 g/mol. The number of carbonyl (C=O) groups is 1. The molecule has 0 aromatic rings. The molecule has 0 radical (unpaired) electrons. The van der Waals surface area contributed by atoms with Crippen LogP contribution in [0.3, 0.4) is 0 Å². The first kappa shape index (κ1) is 19.7. The van der Waals surface area contributed by atoms with Crippen molar-refractivity contribution in [3.63, 3.8) is 0 Å². The van der Waals surface area contributed by atoms with Crippen molar-refractivity contribution < 1.29 is 20.1 Å². The highest BCUT2D eigenvalue weighted by Crippen LogP contribution is 2.67. The molecule has 0 bridgehead atoms. The number of aliphatic hydroxyl groups is 2. The number of rotatable bonds is 4. The molecule has 3 N–H and O–H groups in total. The third-order valence-corrected chi connectivity index (χ3v) is 9.88. The molecule has 4 saturated carbocycles. The predicted octanol–water partition coefficient (Wildman–Crippen LogP) is 4.23. The smallest absolute Gasteiger partial charge is 0.303 e. The van der Waals surface area contributed by atoms with E-state index in [-0.39, 0.29) is 29.5 Å². The molecule has 4 nitrogen and oxygen atoms in total. The molecule has 154 valence electrons. The summed E-state index contributed by atoms with van der Waals surface area (Å²) in [5.41, 5.74) is 0.253. The number of hydrogen-bond acceptors (Lipinski definition) is 3. The van der Waals surface area contributed by atoms with E-state index < -0.39 is 5.97 Å². The van der Waals surface area contributed by atoms with E-state index in [4.69, 9.17) is 5.11 Å². The molecule has 0 saturated heterocycles. The molecule has 4 aliphatic carbocycles. The third kappa shape index (κ3) is 3.06. The number of aliphatic hydroxyl groups excluding tert-OH is 2. The second-order valence-electron chi connectivity index (χ2n) is 10.8. The van der Waals surface area contributed by atoms with E-state index in [0.29, 0.717) is 29.6 Å². The molecule has 0 aromatic carbocycles. The summed E-state index contributed by atoms with van der Waals surface area (Å²) in [6, 6.07) is 0. The van der Waals surface area contributed by atoms with E-state index >= 15 is 0 Å². The summed E-state index contributed by atoms with van der Waals surface area (Å²) in [6.07, 6.45) is 10.3. The topological polar surface area (TPSA) is 77.8 Å². The maximum absolute atomic E-state index is 11.3. The molecule has 27 heavy (non-hydrogen) atoms. The van der Waals surface area contributed by atoms with Crippen LogP contribution in [0.15, 0.2) is 0 Å². The van der Waals surface area contributed by atoms with Crippen LogP contribution in [-0.2, 0) is 4.79 Å². The molecule has 4 unspecified atom stereocenters. The molecule has 4 aliphatic rings. The van der Waals surface area contributed by atoms with Crippen molar-refractivity contribution in [1.82, 2.24) is 0 Å². The van der Waals surface area contributed by atoms with E-state index in [1.165, 1.54) is 19.3 Å². The highest BCUT2D eigenvalue weighted by molar-refractivity contribution is 5.66. The lowest BCUT2D eigenvalue weighted by molar-refractivity contribution is -0.171. The highest BCUT2D eigenvalue weighted by atomic mass is 16.4. The van der Waals surface area contributed by atoms with E-state index in [1.807, 2.05) is 0 Å². The second-order valence-corrected chi connectivity index (χ2v) is 10.8. The molecule has 4 heteroatoms. The van der Waals surface area contributed by atoms with Crippen LogP contribution in [0.2, 0.25) is 0 Å². The van der Waals surface area contributed by atoms with Gasteiger partial charge in [-0.15, -0.1) is 0 Å². The van der Waals surface area contributed by atoms with Gasteiger partial charge in [-0.2, -0.15) is 0 Å². The van der Waals surface area contributed by atoms with Crippen LogP contribution in [0.5, 0.6) is 0 Å². The van der Waals surface area contributed by atoms with Gasteiger partial charge in [-0.05, 0) is 105 Å². The lowest BCUT2D eigenvalue weighted by atomic mass is 9.44. The lowest BCUT2D eigenvalue weighted by Crippen LogP contribution is -2.58. The van der Waals surface area contributed by atoms with Crippen LogP contribution in [0, 0.1) is 40.4 Å². The SMILES string of the molecule is C[C@@]12C(CCCC(=O)O)CCC1C1CC[C@@H]3C[C@H](O)CC[C@]3(C)C1C[C@@H]2O. The molecular formula is C23H38O4. The Morgan fingerprint density at radius 1 is 1.00 bits per heavy atom. The highest BCUT2D eigenvalue weighted by Gasteiger charge is 2.62. The number of fused-ring (bicyclic) bond motifs is 5. The van der Waals surface area contributed by atoms with Gasteiger partial charge in [0, 0.05) is 6.42 Å². The normalized spacial score (nSPS) is 51.9. The van der Waals surface area contributed by atoms with Crippen molar-refractivity contribution in [3.8, 4) is 0 Å². The van der Waals surface area contributed by atoms with Gasteiger partial charge in [-0.25, -0.2) is 0 Å². The van der Waals surface area contributed by atoms with Crippen molar-refractivity contribution in [2.75, 3.05) is 0 Å². The van der Waals surface area contributed by atoms with Crippen molar-refractivity contribution >= 4 is 5.97 Å². The number of aliphatic carboxylic acids is 1. The third-order valence-electron chi connectivity index (χ3n) is 9.88. The summed E-state index contributed by atoms with van der Waals surface area (Å²) in [5, 5.41) is 30.5. The monoisotopic (exact) mass is 378 g/mol. The van der Waals surface area contributed by atoms with E-state index in [0.717, 1.165) is 44.9 Å². The molecule has 0 aromatic heterocycles. The number of carboxylic acid groups (broad SMARTS) is 1. The Morgan fingerprint density at radius 3 is 2.52 bits per heavy atom. The molecular weight excluding hydrogens is 340 g/mol. The summed E-state index contributed by atoms with van der Waals surface area (Å²) in [5.74, 6) is 2.27. The second kappa shape index (κ2) is 7.02. The van der Waals surface area contributed by atoms with Gasteiger partial charge in [-0.3, -0.25) is 4.79 Å². The van der Waals surface area contributed by atoms with Gasteiger partial charge in [0.1, 0.15) is 0 Å². The Labute approximate surface area is 163 Å². The van der Waals surface area contributed by atoms with Crippen LogP contribution in [0.25, 0.3) is 0 Å². The fraction of sp³-hybridized carbons (Fsp3) is 0.957. The fourth-order valence-electron chi connectivity index (χ4n) is 8.29. The van der Waals surface area contributed by atoms with Gasteiger partial charge in [0.05, 0.1) is 12.2 Å². The number of carboxylic acids is 1. The zero-order valence-electron chi connectivity index (χ0n) is 17.1. The van der Waals surface area contributed by atoms with Gasteiger partial charge >= 0.3 is 5.97 Å². The van der Waals surface area contributed by atoms with Crippen LogP contribution >= 0.6 is 0 Å². The first-order valence-corrected chi connectivity index (χ1v) is 11.3. The van der Waals surface area contributed by atoms with Gasteiger partial charge < -0.3 is 15.3 Å². The molecule has 4 rings (SSSR count).